The molecule has 2 saturated carbocycles. The highest BCUT2D eigenvalue weighted by atomic mass is 16.6. The second-order valence-electron chi connectivity index (χ2n) is 19.9. The maximum absolute atomic E-state index is 13.0. The summed E-state index contributed by atoms with van der Waals surface area (Å²) in [6.45, 7) is 19.8. The van der Waals surface area contributed by atoms with Gasteiger partial charge >= 0.3 is 18.2 Å². The summed E-state index contributed by atoms with van der Waals surface area (Å²) in [5.41, 5.74) is 6.47. The Morgan fingerprint density at radius 2 is 1.09 bits per heavy atom. The van der Waals surface area contributed by atoms with Gasteiger partial charge < -0.3 is 53.7 Å². The number of fused-ring (bicyclic) bond motifs is 2. The molecule has 0 aromatic carbocycles. The number of nitrogens with two attached hydrogens (primary N) is 1. The van der Waals surface area contributed by atoms with Gasteiger partial charge in [0.25, 0.3) is 5.91 Å². The Balaban J connectivity index is 0.000000200. The second kappa shape index (κ2) is 23.6. The molecule has 0 bridgehead atoms. The van der Waals surface area contributed by atoms with Gasteiger partial charge in [0, 0.05) is 51.1 Å². The predicted octanol–water partition coefficient (Wildman–Crippen LogP) is 6.99. The summed E-state index contributed by atoms with van der Waals surface area (Å²) in [5, 5.41) is 3.13. The molecule has 69 heavy (non-hydrogen) atoms. The van der Waals surface area contributed by atoms with Gasteiger partial charge in [-0.25, -0.2) is 34.3 Å². The number of hydrogen-bond acceptors (Lipinski definition) is 16. The van der Waals surface area contributed by atoms with Crippen LogP contribution in [0.3, 0.4) is 0 Å². The van der Waals surface area contributed by atoms with Gasteiger partial charge in [-0.15, -0.1) is 0 Å². The molecule has 3 N–H and O–H groups in total. The first-order valence-corrected chi connectivity index (χ1v) is 24.8. The standard InChI is InChI=1S/C23H34N6O4.C19H27N5O5.C6H13N/c1-5-29-18-17(27-19(29)20(30)26-15-9-7-6-8-10-15)21(25-14-24-18)32-16-11-12-28(13-16)22(31)33-23(2,3)4;1-6-24-14-13(22-15(24)17(25)27-7-2)16(21-11-20-14)28-12-8-9-23(10-12)18(26)29-19(3,4)5;7-6-4-2-1-3-5-6/h14-16H,5-13H2,1-4H3,(H,26,30);11-12H,6-10H2,1-5H3;6H,1-5,7H2/t16-;12-;/m00./s1. The first-order chi connectivity index (χ1) is 32.9. The van der Waals surface area contributed by atoms with Gasteiger partial charge in [-0.1, -0.05) is 38.5 Å². The largest absolute Gasteiger partial charge is 0.471 e. The molecule has 2 aliphatic carbocycles. The summed E-state index contributed by atoms with van der Waals surface area (Å²) in [7, 11) is 0. The number of rotatable bonds is 10. The van der Waals surface area contributed by atoms with Crippen LogP contribution in [-0.2, 0) is 27.3 Å². The van der Waals surface area contributed by atoms with Crippen LogP contribution >= 0.6 is 0 Å². The molecule has 0 unspecified atom stereocenters. The quantitative estimate of drug-likeness (QED) is 0.120. The van der Waals surface area contributed by atoms with Gasteiger partial charge in [-0.05, 0) is 88.0 Å². The number of imidazole rings is 2. The fourth-order valence-electron chi connectivity index (χ4n) is 8.71. The highest BCUT2D eigenvalue weighted by Crippen LogP contribution is 2.28. The van der Waals surface area contributed by atoms with Crippen molar-refractivity contribution >= 4 is 46.4 Å². The van der Waals surface area contributed by atoms with E-state index in [9.17, 15) is 19.2 Å². The SMILES string of the molecule is CCOC(=O)c1nc2c(O[C@H]3CCN(C(=O)OC(C)(C)C)C3)ncnc2n1CC.CCn1c(C(=O)NC2CCCCC2)nc2c(O[C@H]3CCN(C(=O)OC(C)(C)C)C3)ncnc21.NC1CCCCC1. The number of esters is 1. The predicted molar refractivity (Wildman–Crippen MR) is 257 cm³/mol. The molecule has 21 nitrogen and oxygen atoms in total. The normalized spacial score (nSPS) is 19.0. The molecular formula is C48H74N12O9. The van der Waals surface area contributed by atoms with Crippen molar-refractivity contribution in [3.05, 3.63) is 24.3 Å². The van der Waals surface area contributed by atoms with Crippen LogP contribution in [0.25, 0.3) is 22.3 Å². The van der Waals surface area contributed by atoms with E-state index in [1.165, 1.54) is 51.2 Å². The number of amides is 3. The van der Waals surface area contributed by atoms with Gasteiger partial charge in [-0.2, -0.15) is 9.97 Å². The summed E-state index contributed by atoms with van der Waals surface area (Å²) >= 11 is 0. The van der Waals surface area contributed by atoms with Crippen LogP contribution in [-0.4, -0.2) is 141 Å². The molecule has 3 amide bonds. The number of ether oxygens (including phenoxy) is 5. The molecule has 4 aromatic heterocycles. The number of nitrogens with one attached hydrogen (secondary N) is 1. The maximum atomic E-state index is 13.0. The first kappa shape index (κ1) is 52.5. The fourth-order valence-corrected chi connectivity index (χ4v) is 8.71. The maximum Gasteiger partial charge on any atom is 0.410 e. The summed E-state index contributed by atoms with van der Waals surface area (Å²) in [4.78, 5) is 79.2. The van der Waals surface area contributed by atoms with Gasteiger partial charge in [0.15, 0.2) is 22.3 Å². The molecular weight excluding hydrogens is 889 g/mol. The summed E-state index contributed by atoms with van der Waals surface area (Å²) in [6, 6.07) is 0.726. The number of aryl methyl sites for hydroxylation is 2. The third-order valence-electron chi connectivity index (χ3n) is 12.0. The average molecular weight is 963 g/mol. The lowest BCUT2D eigenvalue weighted by molar-refractivity contribution is 0.0265. The van der Waals surface area contributed by atoms with Crippen molar-refractivity contribution < 1.29 is 42.9 Å². The summed E-state index contributed by atoms with van der Waals surface area (Å²) < 4.78 is 31.6. The van der Waals surface area contributed by atoms with E-state index >= 15 is 0 Å². The molecule has 0 radical (unpaired) electrons. The van der Waals surface area contributed by atoms with Crippen molar-refractivity contribution in [3.8, 4) is 11.8 Å². The number of likely N-dealkylation sites (tertiary alicyclic amines) is 2. The topological polar surface area (TPSA) is 246 Å². The van der Waals surface area contributed by atoms with E-state index < -0.39 is 17.2 Å². The van der Waals surface area contributed by atoms with Crippen LogP contribution in [0.2, 0.25) is 0 Å². The molecule has 21 heteroatoms. The lowest BCUT2D eigenvalue weighted by atomic mass is 9.95. The molecule has 4 aliphatic rings. The van der Waals surface area contributed by atoms with Crippen molar-refractivity contribution in [2.45, 2.75) is 188 Å². The molecule has 2 saturated heterocycles. The zero-order valence-electron chi connectivity index (χ0n) is 42.1. The Labute approximate surface area is 404 Å². The smallest absolute Gasteiger partial charge is 0.410 e. The van der Waals surface area contributed by atoms with E-state index in [0.29, 0.717) is 92.2 Å². The van der Waals surface area contributed by atoms with Crippen LogP contribution in [0, 0.1) is 0 Å². The Morgan fingerprint density at radius 1 is 0.638 bits per heavy atom. The molecule has 380 valence electrons. The average Bonchev–Trinajstić information content (AvgIpc) is 4.12. The molecule has 0 spiro atoms. The fraction of sp³-hybridized carbons (Fsp3) is 0.708. The highest BCUT2D eigenvalue weighted by Gasteiger charge is 2.34. The van der Waals surface area contributed by atoms with Crippen LogP contribution in [0.4, 0.5) is 9.59 Å². The van der Waals surface area contributed by atoms with E-state index in [1.807, 2.05) is 55.4 Å². The van der Waals surface area contributed by atoms with Gasteiger partial charge in [0.05, 0.1) is 19.7 Å². The molecule has 4 aromatic rings. The van der Waals surface area contributed by atoms with Crippen LogP contribution in [0.5, 0.6) is 11.8 Å². The monoisotopic (exact) mass is 963 g/mol. The summed E-state index contributed by atoms with van der Waals surface area (Å²) in [6.07, 6.45) is 15.1. The molecule has 2 aliphatic heterocycles. The van der Waals surface area contributed by atoms with E-state index in [2.05, 4.69) is 35.2 Å². The van der Waals surface area contributed by atoms with Gasteiger partial charge in [-0.3, -0.25) is 4.79 Å². The Bertz CT molecular complexity index is 2360. The van der Waals surface area contributed by atoms with Crippen LogP contribution in [0.1, 0.15) is 161 Å². The lowest BCUT2D eigenvalue weighted by Crippen LogP contribution is -2.37. The van der Waals surface area contributed by atoms with Crippen molar-refractivity contribution in [2.75, 3.05) is 32.8 Å². The van der Waals surface area contributed by atoms with Crippen molar-refractivity contribution in [1.82, 2.24) is 54.2 Å². The van der Waals surface area contributed by atoms with E-state index in [0.717, 1.165) is 25.7 Å². The highest BCUT2D eigenvalue weighted by molar-refractivity contribution is 5.95. The molecule has 2 atom stereocenters. The van der Waals surface area contributed by atoms with E-state index in [-0.39, 0.29) is 54.7 Å². The van der Waals surface area contributed by atoms with Crippen molar-refractivity contribution in [2.24, 2.45) is 5.73 Å². The molecule has 8 rings (SSSR count). The van der Waals surface area contributed by atoms with Crippen molar-refractivity contribution in [1.29, 1.82) is 0 Å². The minimum atomic E-state index is -0.550. The number of aromatic nitrogens is 8. The number of carbonyl (C=O) groups excluding carboxylic acids is 4. The zero-order chi connectivity index (χ0) is 49.9. The Morgan fingerprint density at radius 3 is 1.51 bits per heavy atom. The van der Waals surface area contributed by atoms with Crippen molar-refractivity contribution in [3.63, 3.8) is 0 Å². The van der Waals surface area contributed by atoms with Gasteiger partial charge in [0.1, 0.15) is 36.1 Å². The third-order valence-corrected chi connectivity index (χ3v) is 12.0. The Hall–Kier alpha value is -5.86. The molecule has 4 fully saturated rings. The lowest BCUT2D eigenvalue weighted by Gasteiger charge is -2.24. The number of nitrogens with zero attached hydrogens (tertiary/aromatic N) is 10. The Kier molecular flexibility index (Phi) is 18.0. The number of carbonyl (C=O) groups is 4. The van der Waals surface area contributed by atoms with Gasteiger partial charge in [0.2, 0.25) is 23.4 Å². The van der Waals surface area contributed by atoms with Crippen LogP contribution in [0.15, 0.2) is 12.7 Å². The third kappa shape index (κ3) is 14.4. The van der Waals surface area contributed by atoms with Crippen LogP contribution < -0.4 is 20.5 Å². The summed E-state index contributed by atoms with van der Waals surface area (Å²) in [5.74, 6) is 0.389. The number of hydrogen-bond donors (Lipinski definition) is 2. The first-order valence-electron chi connectivity index (χ1n) is 24.8. The minimum absolute atomic E-state index is 0.163. The minimum Gasteiger partial charge on any atom is -0.471 e. The zero-order valence-corrected chi connectivity index (χ0v) is 42.1. The second-order valence-corrected chi connectivity index (χ2v) is 19.9. The van der Waals surface area contributed by atoms with E-state index in [4.69, 9.17) is 29.4 Å². The molecule has 6 heterocycles. The van der Waals surface area contributed by atoms with E-state index in [1.54, 1.807) is 25.9 Å².